The number of nitrogens with zero attached hydrogens (tertiary/aromatic N) is 4. The molecule has 2 saturated heterocycles. The summed E-state index contributed by atoms with van der Waals surface area (Å²) in [6, 6.07) is 0. The molecule has 3 N–H and O–H groups in total. The summed E-state index contributed by atoms with van der Waals surface area (Å²) in [5, 5.41) is 9.37. The molecule has 4 heterocycles. The van der Waals surface area contributed by atoms with Crippen LogP contribution in [0, 0.1) is 0 Å². The normalized spacial score (nSPS) is 32.3. The van der Waals surface area contributed by atoms with E-state index in [0.29, 0.717) is 11.2 Å². The number of hydrogen-bond donors (Lipinski definition) is 2. The first kappa shape index (κ1) is 14.3. The van der Waals surface area contributed by atoms with Gasteiger partial charge in [-0.05, 0) is 13.8 Å². The van der Waals surface area contributed by atoms with E-state index >= 15 is 0 Å². The van der Waals surface area contributed by atoms with Gasteiger partial charge in [-0.15, -0.1) is 0 Å². The van der Waals surface area contributed by atoms with Crippen LogP contribution >= 0.6 is 0 Å². The molecule has 2 aliphatic heterocycles. The fourth-order valence-electron chi connectivity index (χ4n) is 3.06. The number of carbonyl (C=O) groups is 1. The summed E-state index contributed by atoms with van der Waals surface area (Å²) in [7, 11) is 0. The molecule has 2 aromatic rings. The maximum atomic E-state index is 11.5. The molecular weight excluding hydrogens is 306 g/mol. The average molecular weight is 321 g/mol. The predicted molar refractivity (Wildman–Crippen MR) is 75.1 cm³/mol. The quantitative estimate of drug-likeness (QED) is 0.777. The summed E-state index contributed by atoms with van der Waals surface area (Å²) < 4.78 is 18.8. The molecule has 0 unspecified atom stereocenters. The molecule has 0 aromatic carbocycles. The van der Waals surface area contributed by atoms with E-state index in [1.807, 2.05) is 0 Å². The zero-order valence-electron chi connectivity index (χ0n) is 12.4. The lowest BCUT2D eigenvalue weighted by Crippen LogP contribution is -2.35. The van der Waals surface area contributed by atoms with Crippen LogP contribution in [0.4, 0.5) is 5.82 Å². The number of aliphatic carboxylic acids is 1. The SMILES string of the molecule is CC1(C)O[C@@H]2[C@H](O1)[C@H](C(=O)O)O[C@H]2n1cnc2c(N)ncnc21. The van der Waals surface area contributed by atoms with Gasteiger partial charge in [0, 0.05) is 0 Å². The molecule has 0 radical (unpaired) electrons. The van der Waals surface area contributed by atoms with E-state index in [2.05, 4.69) is 15.0 Å². The molecule has 0 amide bonds. The highest BCUT2D eigenvalue weighted by Gasteiger charge is 2.58. The van der Waals surface area contributed by atoms with Crippen molar-refractivity contribution in [2.24, 2.45) is 0 Å². The van der Waals surface area contributed by atoms with Gasteiger partial charge in [0.15, 0.2) is 29.6 Å². The third-order valence-electron chi connectivity index (χ3n) is 3.93. The number of nitrogens with two attached hydrogens (primary N) is 1. The van der Waals surface area contributed by atoms with E-state index in [0.717, 1.165) is 0 Å². The fourth-order valence-corrected chi connectivity index (χ4v) is 3.06. The Morgan fingerprint density at radius 1 is 1.30 bits per heavy atom. The van der Waals surface area contributed by atoms with Crippen LogP contribution in [0.1, 0.15) is 20.1 Å². The molecule has 23 heavy (non-hydrogen) atoms. The Morgan fingerprint density at radius 2 is 2.04 bits per heavy atom. The fraction of sp³-hybridized carbons (Fsp3) is 0.538. The van der Waals surface area contributed by atoms with Crippen LogP contribution in [-0.2, 0) is 19.0 Å². The van der Waals surface area contributed by atoms with Crippen molar-refractivity contribution in [3.63, 3.8) is 0 Å². The number of anilines is 1. The molecule has 4 rings (SSSR count). The average Bonchev–Trinajstić information content (AvgIpc) is 3.09. The van der Waals surface area contributed by atoms with Crippen LogP contribution < -0.4 is 5.73 Å². The van der Waals surface area contributed by atoms with Crippen molar-refractivity contribution < 1.29 is 24.1 Å². The van der Waals surface area contributed by atoms with Crippen LogP contribution in [0.5, 0.6) is 0 Å². The monoisotopic (exact) mass is 321 g/mol. The van der Waals surface area contributed by atoms with Crippen LogP contribution in [0.2, 0.25) is 0 Å². The highest BCUT2D eigenvalue weighted by Crippen LogP contribution is 2.43. The molecule has 10 heteroatoms. The Hall–Kier alpha value is -2.30. The first-order chi connectivity index (χ1) is 10.9. The molecule has 10 nitrogen and oxygen atoms in total. The first-order valence-corrected chi connectivity index (χ1v) is 7.04. The molecule has 2 aliphatic rings. The second-order valence-corrected chi connectivity index (χ2v) is 5.93. The van der Waals surface area contributed by atoms with Gasteiger partial charge in [0.2, 0.25) is 0 Å². The Kier molecular flexibility index (Phi) is 2.86. The molecular formula is C13H15N5O5. The molecule has 0 spiro atoms. The Bertz CT molecular complexity index is 790. The summed E-state index contributed by atoms with van der Waals surface area (Å²) in [5.41, 5.74) is 6.64. The predicted octanol–water partition coefficient (Wildman–Crippen LogP) is -0.0894. The minimum absolute atomic E-state index is 0.238. The molecule has 0 aliphatic carbocycles. The molecule has 0 saturated carbocycles. The summed E-state index contributed by atoms with van der Waals surface area (Å²) in [5.74, 6) is -1.76. The van der Waals surface area contributed by atoms with Crippen molar-refractivity contribution in [1.29, 1.82) is 0 Å². The zero-order chi connectivity index (χ0) is 16.4. The molecule has 2 aromatic heterocycles. The minimum atomic E-state index is -1.14. The van der Waals surface area contributed by atoms with Gasteiger partial charge in [0.25, 0.3) is 0 Å². The minimum Gasteiger partial charge on any atom is -0.479 e. The van der Waals surface area contributed by atoms with Gasteiger partial charge in [-0.1, -0.05) is 0 Å². The summed E-state index contributed by atoms with van der Waals surface area (Å²) in [6.45, 7) is 3.46. The Labute approximate surface area is 130 Å². The van der Waals surface area contributed by atoms with Crippen LogP contribution in [0.15, 0.2) is 12.7 Å². The second kappa shape index (κ2) is 4.60. The lowest BCUT2D eigenvalue weighted by molar-refractivity contribution is -0.202. The lowest BCUT2D eigenvalue weighted by Gasteiger charge is -2.23. The number of hydrogen-bond acceptors (Lipinski definition) is 8. The highest BCUT2D eigenvalue weighted by atomic mass is 16.8. The smallest absolute Gasteiger partial charge is 0.335 e. The number of rotatable bonds is 2. The summed E-state index contributed by atoms with van der Waals surface area (Å²) in [4.78, 5) is 23.7. The van der Waals surface area contributed by atoms with Crippen molar-refractivity contribution in [3.8, 4) is 0 Å². The number of aromatic nitrogens is 4. The van der Waals surface area contributed by atoms with Gasteiger partial charge < -0.3 is 25.1 Å². The van der Waals surface area contributed by atoms with E-state index in [-0.39, 0.29) is 5.82 Å². The van der Waals surface area contributed by atoms with E-state index < -0.39 is 36.3 Å². The topological polar surface area (TPSA) is 135 Å². The van der Waals surface area contributed by atoms with Crippen LogP contribution in [0.3, 0.4) is 0 Å². The van der Waals surface area contributed by atoms with Crippen molar-refractivity contribution in [2.75, 3.05) is 5.73 Å². The first-order valence-electron chi connectivity index (χ1n) is 7.04. The van der Waals surface area contributed by atoms with E-state index in [1.165, 1.54) is 12.7 Å². The van der Waals surface area contributed by atoms with Gasteiger partial charge in [-0.3, -0.25) is 4.57 Å². The van der Waals surface area contributed by atoms with Crippen molar-refractivity contribution in [3.05, 3.63) is 12.7 Å². The van der Waals surface area contributed by atoms with Crippen molar-refractivity contribution in [1.82, 2.24) is 19.5 Å². The Balaban J connectivity index is 1.78. The number of nitrogen functional groups attached to an aromatic ring is 1. The van der Waals surface area contributed by atoms with Crippen LogP contribution in [0.25, 0.3) is 11.2 Å². The summed E-state index contributed by atoms with van der Waals surface area (Å²) >= 11 is 0. The van der Waals surface area contributed by atoms with Gasteiger partial charge in [0.05, 0.1) is 6.33 Å². The number of fused-ring (bicyclic) bond motifs is 2. The number of carboxylic acid groups (broad SMARTS) is 1. The Morgan fingerprint density at radius 3 is 2.78 bits per heavy atom. The second-order valence-electron chi connectivity index (χ2n) is 5.93. The van der Waals surface area contributed by atoms with Gasteiger partial charge >= 0.3 is 5.97 Å². The lowest BCUT2D eigenvalue weighted by atomic mass is 10.1. The van der Waals surface area contributed by atoms with E-state index in [4.69, 9.17) is 19.9 Å². The third kappa shape index (κ3) is 2.06. The van der Waals surface area contributed by atoms with E-state index in [9.17, 15) is 9.90 Å². The number of carboxylic acids is 1. The molecule has 2 fully saturated rings. The zero-order valence-corrected chi connectivity index (χ0v) is 12.4. The largest absolute Gasteiger partial charge is 0.479 e. The third-order valence-corrected chi connectivity index (χ3v) is 3.93. The van der Waals surface area contributed by atoms with Crippen molar-refractivity contribution in [2.45, 2.75) is 44.2 Å². The van der Waals surface area contributed by atoms with Crippen LogP contribution in [-0.4, -0.2) is 54.7 Å². The maximum absolute atomic E-state index is 11.5. The van der Waals surface area contributed by atoms with Gasteiger partial charge in [-0.2, -0.15) is 0 Å². The number of imidazole rings is 1. The highest BCUT2D eigenvalue weighted by molar-refractivity contribution is 5.81. The molecule has 4 atom stereocenters. The van der Waals surface area contributed by atoms with Gasteiger partial charge in [-0.25, -0.2) is 19.7 Å². The van der Waals surface area contributed by atoms with E-state index in [1.54, 1.807) is 18.4 Å². The maximum Gasteiger partial charge on any atom is 0.335 e. The van der Waals surface area contributed by atoms with Crippen molar-refractivity contribution >= 4 is 23.0 Å². The number of ether oxygens (including phenoxy) is 3. The molecule has 0 bridgehead atoms. The standard InChI is InChI=1S/C13H15N5O5/c1-13(2)22-6-7(23-13)11(21-8(6)12(19)20)18-4-17-5-9(14)15-3-16-10(5)18/h3-4,6-8,11H,1-2H3,(H,19,20)(H2,14,15,16)/t6-,7+,8+,11+/m0/s1. The van der Waals surface area contributed by atoms with Gasteiger partial charge in [0.1, 0.15) is 24.1 Å². The summed E-state index contributed by atoms with van der Waals surface area (Å²) in [6.07, 6.45) is -0.391. The molecule has 122 valence electrons.